The smallest absolute Gasteiger partial charge is 0.265 e. The van der Waals surface area contributed by atoms with E-state index in [9.17, 15) is 0 Å². The lowest BCUT2D eigenvalue weighted by Gasteiger charge is -2.17. The van der Waals surface area contributed by atoms with Gasteiger partial charge in [-0.25, -0.2) is 9.97 Å². The van der Waals surface area contributed by atoms with E-state index in [1.807, 2.05) is 95.6 Å². The second kappa shape index (κ2) is 10.2. The summed E-state index contributed by atoms with van der Waals surface area (Å²) in [5.74, 6) is 0.524. The van der Waals surface area contributed by atoms with Crippen LogP contribution >= 0.6 is 0 Å². The van der Waals surface area contributed by atoms with Crippen LogP contribution in [0.1, 0.15) is 0 Å². The molecule has 0 aliphatic carbocycles. The summed E-state index contributed by atoms with van der Waals surface area (Å²) in [5, 5.41) is 7.65. The first-order valence-electron chi connectivity index (χ1n) is 16.1. The van der Waals surface area contributed by atoms with Crippen LogP contribution in [0.15, 0.2) is 163 Å². The summed E-state index contributed by atoms with van der Waals surface area (Å²) in [5.41, 5.74) is 6.07. The zero-order chi connectivity index (χ0) is 31.8. The second-order valence-electron chi connectivity index (χ2n) is 12.2. The molecule has 0 unspecified atom stereocenters. The highest BCUT2D eigenvalue weighted by Crippen LogP contribution is 2.39. The molecule has 224 valence electrons. The predicted molar refractivity (Wildman–Crippen MR) is 197 cm³/mol. The molecule has 10 aromatic rings. The minimum Gasteiger partial charge on any atom is -0.277 e. The van der Waals surface area contributed by atoms with Crippen LogP contribution in [0.5, 0.6) is 0 Å². The Kier molecular flexibility index (Phi) is 5.66. The highest BCUT2D eigenvalue weighted by atomic mass is 16.1. The van der Waals surface area contributed by atoms with Gasteiger partial charge in [-0.15, -0.1) is 0 Å². The maximum absolute atomic E-state index is 15.3. The Bertz CT molecular complexity index is 2960. The number of fused-ring (bicyclic) bond motifs is 10. The van der Waals surface area contributed by atoms with Crippen LogP contribution in [0, 0.1) is 0 Å². The van der Waals surface area contributed by atoms with Crippen LogP contribution in [0.4, 0.5) is 0 Å². The summed E-state index contributed by atoms with van der Waals surface area (Å²) in [6.45, 7) is 0. The molecule has 0 atom stereocenters. The fourth-order valence-electron chi connectivity index (χ4n) is 7.44. The third-order valence-corrected chi connectivity index (χ3v) is 9.52. The van der Waals surface area contributed by atoms with E-state index in [2.05, 4.69) is 71.3 Å². The Morgan fingerprint density at radius 2 is 1.06 bits per heavy atom. The molecule has 3 heterocycles. The number of aromatic nitrogens is 4. The average Bonchev–Trinajstić information content (AvgIpc) is 3.49. The van der Waals surface area contributed by atoms with Gasteiger partial charge in [0.25, 0.3) is 5.56 Å². The van der Waals surface area contributed by atoms with Gasteiger partial charge in [0.1, 0.15) is 0 Å². The molecular weight excluding hydrogens is 589 g/mol. The van der Waals surface area contributed by atoms with Crippen molar-refractivity contribution in [2.24, 2.45) is 0 Å². The Morgan fingerprint density at radius 3 is 1.90 bits per heavy atom. The summed E-state index contributed by atoms with van der Waals surface area (Å²) >= 11 is 0. The highest BCUT2D eigenvalue weighted by Gasteiger charge is 2.23. The first kappa shape index (κ1) is 26.6. The number of nitrogens with zero attached hydrogens (tertiary/aromatic N) is 4. The molecule has 5 nitrogen and oxygen atoms in total. The molecule has 0 aliphatic heterocycles. The third-order valence-electron chi connectivity index (χ3n) is 9.52. The molecule has 0 radical (unpaired) electrons. The Hall–Kier alpha value is -6.59. The van der Waals surface area contributed by atoms with E-state index in [1.165, 1.54) is 0 Å². The Balaban J connectivity index is 1.44. The molecule has 0 N–H and O–H groups in total. The van der Waals surface area contributed by atoms with Crippen molar-refractivity contribution < 1.29 is 0 Å². The van der Waals surface area contributed by atoms with Crippen LogP contribution in [-0.4, -0.2) is 19.1 Å². The normalized spacial score (nSPS) is 11.8. The van der Waals surface area contributed by atoms with Crippen LogP contribution in [-0.2, 0) is 0 Å². The number of hydrogen-bond acceptors (Lipinski definition) is 3. The summed E-state index contributed by atoms with van der Waals surface area (Å²) in [7, 11) is 0. The molecule has 0 amide bonds. The van der Waals surface area contributed by atoms with E-state index in [0.717, 1.165) is 76.7 Å². The molecule has 0 bridgehead atoms. The first-order chi connectivity index (χ1) is 23.8. The van der Waals surface area contributed by atoms with E-state index in [4.69, 9.17) is 9.97 Å². The van der Waals surface area contributed by atoms with Gasteiger partial charge in [-0.2, -0.15) is 0 Å². The van der Waals surface area contributed by atoms with E-state index in [-0.39, 0.29) is 5.56 Å². The average molecular weight is 615 g/mol. The lowest BCUT2D eigenvalue weighted by molar-refractivity contribution is 1.01. The van der Waals surface area contributed by atoms with E-state index < -0.39 is 0 Å². The molecule has 0 aliphatic rings. The van der Waals surface area contributed by atoms with Gasteiger partial charge in [0, 0.05) is 38.2 Å². The Morgan fingerprint density at radius 1 is 0.438 bits per heavy atom. The molecule has 5 heteroatoms. The maximum atomic E-state index is 15.3. The van der Waals surface area contributed by atoms with E-state index in [0.29, 0.717) is 11.3 Å². The number of hydrogen-bond donors (Lipinski definition) is 0. The molecule has 0 spiro atoms. The van der Waals surface area contributed by atoms with Crippen molar-refractivity contribution in [3.05, 3.63) is 168 Å². The van der Waals surface area contributed by atoms with Gasteiger partial charge in [-0.05, 0) is 35.0 Å². The number of benzene rings is 7. The molecule has 3 aromatic heterocycles. The minimum absolute atomic E-state index is 0.0845. The first-order valence-corrected chi connectivity index (χ1v) is 16.1. The SMILES string of the molecule is O=c1c2c(ccc3c4ccccc4n(-c4nc(-c5ccccc5)c5ccccc5n4)c32)c2ccc3ccccc3c2n1-c1ccccc1. The number of para-hydroxylation sites is 3. The fraction of sp³-hybridized carbons (Fsp3) is 0. The third kappa shape index (κ3) is 3.76. The topological polar surface area (TPSA) is 52.7 Å². The van der Waals surface area contributed by atoms with Gasteiger partial charge in [-0.3, -0.25) is 13.9 Å². The molecule has 10 rings (SSSR count). The van der Waals surface area contributed by atoms with E-state index in [1.54, 1.807) is 0 Å². The molecule has 0 saturated heterocycles. The maximum Gasteiger partial charge on any atom is 0.265 e. The molecule has 7 aromatic carbocycles. The largest absolute Gasteiger partial charge is 0.277 e. The summed E-state index contributed by atoms with van der Waals surface area (Å²) < 4.78 is 3.98. The van der Waals surface area contributed by atoms with Crippen molar-refractivity contribution in [3.8, 4) is 22.9 Å². The van der Waals surface area contributed by atoms with Crippen LogP contribution < -0.4 is 5.56 Å². The molecule has 0 fully saturated rings. The van der Waals surface area contributed by atoms with Crippen LogP contribution in [0.2, 0.25) is 0 Å². The molecule has 0 saturated carbocycles. The van der Waals surface area contributed by atoms with Crippen molar-refractivity contribution >= 4 is 65.2 Å². The predicted octanol–water partition coefficient (Wildman–Crippen LogP) is 10.0. The van der Waals surface area contributed by atoms with Crippen molar-refractivity contribution in [3.63, 3.8) is 0 Å². The van der Waals surface area contributed by atoms with Crippen LogP contribution in [0.3, 0.4) is 0 Å². The van der Waals surface area contributed by atoms with Crippen molar-refractivity contribution in [1.29, 1.82) is 0 Å². The fourth-order valence-corrected chi connectivity index (χ4v) is 7.44. The lowest BCUT2D eigenvalue weighted by atomic mass is 9.99. The summed E-state index contributed by atoms with van der Waals surface area (Å²) in [6, 6.07) is 53.4. The quantitative estimate of drug-likeness (QED) is 0.186. The van der Waals surface area contributed by atoms with Gasteiger partial charge < -0.3 is 0 Å². The monoisotopic (exact) mass is 614 g/mol. The van der Waals surface area contributed by atoms with E-state index >= 15 is 4.79 Å². The number of pyridine rings is 1. The standard InChI is InChI=1S/C43H26N4O/c48-42-38-32(34-24-23-27-13-7-8-18-30(27)40(34)46(42)29-16-5-2-6-17-29)25-26-33-31-19-10-12-22-37(31)47(41(33)38)43-44-36-21-11-9-20-35(36)39(45-43)28-14-3-1-4-15-28/h1-26H. The molecular formula is C43H26N4O. The summed E-state index contributed by atoms with van der Waals surface area (Å²) in [4.78, 5) is 25.7. The second-order valence-corrected chi connectivity index (χ2v) is 12.2. The van der Waals surface area contributed by atoms with Gasteiger partial charge in [-0.1, -0.05) is 133 Å². The highest BCUT2D eigenvalue weighted by molar-refractivity contribution is 6.24. The molecule has 48 heavy (non-hydrogen) atoms. The minimum atomic E-state index is -0.0845. The van der Waals surface area contributed by atoms with Gasteiger partial charge >= 0.3 is 0 Å². The van der Waals surface area contributed by atoms with Gasteiger partial charge in [0.15, 0.2) is 0 Å². The number of rotatable bonds is 3. The lowest BCUT2D eigenvalue weighted by Crippen LogP contribution is -2.20. The van der Waals surface area contributed by atoms with Crippen molar-refractivity contribution in [1.82, 2.24) is 19.1 Å². The summed E-state index contributed by atoms with van der Waals surface area (Å²) in [6.07, 6.45) is 0. The van der Waals surface area contributed by atoms with Gasteiger partial charge in [0.2, 0.25) is 5.95 Å². The van der Waals surface area contributed by atoms with Gasteiger partial charge in [0.05, 0.1) is 33.1 Å². The van der Waals surface area contributed by atoms with Crippen molar-refractivity contribution in [2.45, 2.75) is 0 Å². The zero-order valence-corrected chi connectivity index (χ0v) is 25.7. The van der Waals surface area contributed by atoms with Crippen LogP contribution in [0.25, 0.3) is 88.0 Å². The Labute approximate surface area is 274 Å². The van der Waals surface area contributed by atoms with Crippen molar-refractivity contribution in [2.75, 3.05) is 0 Å². The zero-order valence-electron chi connectivity index (χ0n) is 25.7.